The van der Waals surface area contributed by atoms with Crippen LogP contribution in [0.5, 0.6) is 0 Å². The van der Waals surface area contributed by atoms with Crippen molar-refractivity contribution in [3.8, 4) is 17.3 Å². The first-order valence-corrected chi connectivity index (χ1v) is 8.54. The van der Waals surface area contributed by atoms with Gasteiger partial charge in [0.2, 0.25) is 5.91 Å². The molecule has 1 N–H and O–H groups in total. The van der Waals surface area contributed by atoms with E-state index in [1.807, 2.05) is 18.2 Å². The van der Waals surface area contributed by atoms with Gasteiger partial charge in [0, 0.05) is 30.1 Å². The molecular weight excluding hydrogens is 298 g/mol. The number of pyridine rings is 1. The van der Waals surface area contributed by atoms with Crippen LogP contribution in [0.4, 0.5) is 0 Å². The molecule has 1 aromatic carbocycles. The molecule has 0 bridgehead atoms. The number of amides is 1. The summed E-state index contributed by atoms with van der Waals surface area (Å²) in [5.74, 6) is 0.366. The zero-order valence-electron chi connectivity index (χ0n) is 13.5. The highest BCUT2D eigenvalue weighted by molar-refractivity contribution is 5.79. The minimum Gasteiger partial charge on any atom is -0.355 e. The highest BCUT2D eigenvalue weighted by Gasteiger charge is 2.23. The fraction of sp³-hybridized carbons (Fsp3) is 0.350. The number of nitrogens with zero attached hydrogens (tertiary/aromatic N) is 2. The number of rotatable bonds is 2. The van der Waals surface area contributed by atoms with Crippen molar-refractivity contribution in [1.82, 2.24) is 10.3 Å². The number of hydrogen-bond donors (Lipinski definition) is 1. The Morgan fingerprint density at radius 1 is 1.17 bits per heavy atom. The van der Waals surface area contributed by atoms with Gasteiger partial charge in [-0.3, -0.25) is 9.78 Å². The van der Waals surface area contributed by atoms with E-state index in [9.17, 15) is 10.1 Å². The normalized spacial score (nSPS) is 19.5. The average Bonchev–Trinajstić information content (AvgIpc) is 3.07. The van der Waals surface area contributed by atoms with Gasteiger partial charge in [-0.25, -0.2) is 0 Å². The summed E-state index contributed by atoms with van der Waals surface area (Å²) in [5.41, 5.74) is 5.94. The lowest BCUT2D eigenvalue weighted by molar-refractivity contribution is -0.119. The van der Waals surface area contributed by atoms with E-state index in [0.29, 0.717) is 18.5 Å². The summed E-state index contributed by atoms with van der Waals surface area (Å²) in [5, 5.41) is 12.4. The van der Waals surface area contributed by atoms with Crippen molar-refractivity contribution >= 4 is 5.91 Å². The molecule has 24 heavy (non-hydrogen) atoms. The van der Waals surface area contributed by atoms with Gasteiger partial charge in [0.1, 0.15) is 6.07 Å². The standard InChI is InChI=1S/C20H19N3O/c21-11-16-9-15-3-1-2-4-18(15)23-20(16)14-7-5-13(6-8-14)17-10-19(24)22-12-17/h5-9,17H,1-4,10,12H2,(H,22,24). The molecule has 1 atom stereocenters. The highest BCUT2D eigenvalue weighted by Crippen LogP contribution is 2.30. The predicted octanol–water partition coefficient (Wildman–Crippen LogP) is 3.10. The second-order valence-electron chi connectivity index (χ2n) is 6.64. The summed E-state index contributed by atoms with van der Waals surface area (Å²) in [7, 11) is 0. The van der Waals surface area contributed by atoms with Crippen LogP contribution in [0.15, 0.2) is 30.3 Å². The molecular formula is C20H19N3O. The lowest BCUT2D eigenvalue weighted by Gasteiger charge is -2.17. The van der Waals surface area contributed by atoms with Gasteiger partial charge in [-0.2, -0.15) is 5.26 Å². The Hall–Kier alpha value is -2.67. The SMILES string of the molecule is N#Cc1cc2c(nc1-c1ccc(C3CNC(=O)C3)cc1)CCCC2. The van der Waals surface area contributed by atoms with E-state index in [1.165, 1.54) is 18.4 Å². The molecule has 1 saturated heterocycles. The van der Waals surface area contributed by atoms with Crippen LogP contribution in [-0.4, -0.2) is 17.4 Å². The lowest BCUT2D eigenvalue weighted by Crippen LogP contribution is -2.13. The third-order valence-corrected chi connectivity index (χ3v) is 5.05. The fourth-order valence-corrected chi connectivity index (χ4v) is 3.69. The third-order valence-electron chi connectivity index (χ3n) is 5.05. The second-order valence-corrected chi connectivity index (χ2v) is 6.64. The van der Waals surface area contributed by atoms with E-state index >= 15 is 0 Å². The first kappa shape index (κ1) is 14.9. The Kier molecular flexibility index (Phi) is 3.78. The molecule has 1 fully saturated rings. The topological polar surface area (TPSA) is 65.8 Å². The molecule has 2 aliphatic rings. The molecule has 4 heteroatoms. The monoisotopic (exact) mass is 317 g/mol. The number of nitriles is 1. The van der Waals surface area contributed by atoms with Crippen LogP contribution in [-0.2, 0) is 17.6 Å². The van der Waals surface area contributed by atoms with Crippen LogP contribution in [0.2, 0.25) is 0 Å². The summed E-state index contributed by atoms with van der Waals surface area (Å²) in [6, 6.07) is 12.5. The van der Waals surface area contributed by atoms with Gasteiger partial charge in [-0.1, -0.05) is 24.3 Å². The van der Waals surface area contributed by atoms with Gasteiger partial charge in [-0.15, -0.1) is 0 Å². The maximum Gasteiger partial charge on any atom is 0.220 e. The minimum atomic E-state index is 0.118. The van der Waals surface area contributed by atoms with E-state index in [1.54, 1.807) is 0 Å². The molecule has 1 aliphatic carbocycles. The number of nitrogens with one attached hydrogen (secondary N) is 1. The summed E-state index contributed by atoms with van der Waals surface area (Å²) in [4.78, 5) is 16.2. The van der Waals surface area contributed by atoms with Crippen molar-refractivity contribution in [3.05, 3.63) is 52.7 Å². The molecule has 2 aromatic rings. The molecule has 1 amide bonds. The van der Waals surface area contributed by atoms with E-state index < -0.39 is 0 Å². The Balaban J connectivity index is 1.68. The summed E-state index contributed by atoms with van der Waals surface area (Å²) < 4.78 is 0. The van der Waals surface area contributed by atoms with Gasteiger partial charge >= 0.3 is 0 Å². The zero-order chi connectivity index (χ0) is 16.5. The number of benzene rings is 1. The van der Waals surface area contributed by atoms with Crippen molar-refractivity contribution in [1.29, 1.82) is 5.26 Å². The van der Waals surface area contributed by atoms with Crippen molar-refractivity contribution < 1.29 is 4.79 Å². The molecule has 4 nitrogen and oxygen atoms in total. The van der Waals surface area contributed by atoms with Gasteiger partial charge in [-0.05, 0) is 42.9 Å². The molecule has 1 aromatic heterocycles. The molecule has 1 unspecified atom stereocenters. The Labute approximate surface area is 141 Å². The average molecular weight is 317 g/mol. The van der Waals surface area contributed by atoms with E-state index in [0.717, 1.165) is 35.4 Å². The van der Waals surface area contributed by atoms with E-state index in [2.05, 4.69) is 23.5 Å². The highest BCUT2D eigenvalue weighted by atomic mass is 16.1. The fourth-order valence-electron chi connectivity index (χ4n) is 3.69. The van der Waals surface area contributed by atoms with Crippen LogP contribution < -0.4 is 5.32 Å². The van der Waals surface area contributed by atoms with Crippen molar-refractivity contribution in [3.63, 3.8) is 0 Å². The maximum absolute atomic E-state index is 11.4. The number of hydrogen-bond acceptors (Lipinski definition) is 3. The van der Waals surface area contributed by atoms with Gasteiger partial charge in [0.25, 0.3) is 0 Å². The zero-order valence-corrected chi connectivity index (χ0v) is 13.5. The van der Waals surface area contributed by atoms with E-state index in [4.69, 9.17) is 4.98 Å². The molecule has 1 aliphatic heterocycles. The molecule has 0 spiro atoms. The largest absolute Gasteiger partial charge is 0.355 e. The smallest absolute Gasteiger partial charge is 0.220 e. The lowest BCUT2D eigenvalue weighted by atomic mass is 9.92. The van der Waals surface area contributed by atoms with Gasteiger partial charge in [0.05, 0.1) is 11.3 Å². The number of aromatic nitrogens is 1. The van der Waals surface area contributed by atoms with Crippen LogP contribution in [0.1, 0.15) is 47.6 Å². The molecule has 4 rings (SSSR count). The predicted molar refractivity (Wildman–Crippen MR) is 91.4 cm³/mol. The first-order valence-electron chi connectivity index (χ1n) is 8.54. The minimum absolute atomic E-state index is 0.118. The van der Waals surface area contributed by atoms with Crippen molar-refractivity contribution in [2.24, 2.45) is 0 Å². The number of aryl methyl sites for hydroxylation is 2. The van der Waals surface area contributed by atoms with Gasteiger partial charge in [0.15, 0.2) is 0 Å². The third kappa shape index (κ3) is 2.67. The number of carbonyl (C=O) groups is 1. The summed E-state index contributed by atoms with van der Waals surface area (Å²) in [6.07, 6.45) is 4.94. The number of fused-ring (bicyclic) bond motifs is 1. The van der Waals surface area contributed by atoms with Crippen LogP contribution in [0, 0.1) is 11.3 Å². The summed E-state index contributed by atoms with van der Waals surface area (Å²) in [6.45, 7) is 0.707. The van der Waals surface area contributed by atoms with Crippen LogP contribution in [0.3, 0.4) is 0 Å². The van der Waals surface area contributed by atoms with E-state index in [-0.39, 0.29) is 11.8 Å². The van der Waals surface area contributed by atoms with Crippen molar-refractivity contribution in [2.75, 3.05) is 6.54 Å². The Morgan fingerprint density at radius 2 is 1.96 bits per heavy atom. The quantitative estimate of drug-likeness (QED) is 0.925. The first-order chi connectivity index (χ1) is 11.7. The van der Waals surface area contributed by atoms with Gasteiger partial charge < -0.3 is 5.32 Å². The Morgan fingerprint density at radius 3 is 2.67 bits per heavy atom. The maximum atomic E-state index is 11.4. The van der Waals surface area contributed by atoms with Crippen LogP contribution in [0.25, 0.3) is 11.3 Å². The number of carbonyl (C=O) groups excluding carboxylic acids is 1. The van der Waals surface area contributed by atoms with Crippen molar-refractivity contribution in [2.45, 2.75) is 38.0 Å². The Bertz CT molecular complexity index is 833. The molecule has 2 heterocycles. The molecule has 0 saturated carbocycles. The van der Waals surface area contributed by atoms with Crippen LogP contribution >= 0.6 is 0 Å². The second kappa shape index (κ2) is 6.09. The molecule has 0 radical (unpaired) electrons. The summed E-state index contributed by atoms with van der Waals surface area (Å²) >= 11 is 0. The molecule has 120 valence electrons.